The van der Waals surface area contributed by atoms with Crippen molar-refractivity contribution in [2.45, 2.75) is 44.6 Å². The van der Waals surface area contributed by atoms with Crippen LogP contribution in [-0.4, -0.2) is 61.9 Å². The number of anilines is 1. The van der Waals surface area contributed by atoms with E-state index in [-0.39, 0.29) is 25.2 Å². The maximum absolute atomic E-state index is 13.7. The lowest BCUT2D eigenvalue weighted by Gasteiger charge is -2.44. The molecule has 0 spiro atoms. The average molecular weight is 797 g/mol. The number of fused-ring (bicyclic) bond motifs is 3. The van der Waals surface area contributed by atoms with Crippen LogP contribution in [0.15, 0.2) is 109 Å². The summed E-state index contributed by atoms with van der Waals surface area (Å²) in [5, 5.41) is 0.726. The van der Waals surface area contributed by atoms with Crippen LogP contribution in [0.3, 0.4) is 0 Å². The van der Waals surface area contributed by atoms with Gasteiger partial charge in [0, 0.05) is 31.0 Å². The van der Waals surface area contributed by atoms with E-state index in [1.165, 1.54) is 12.4 Å². The van der Waals surface area contributed by atoms with Crippen molar-refractivity contribution < 1.29 is 33.3 Å². The van der Waals surface area contributed by atoms with E-state index in [2.05, 4.69) is 9.88 Å². The highest BCUT2D eigenvalue weighted by molar-refractivity contribution is 6.35. The van der Waals surface area contributed by atoms with Crippen molar-refractivity contribution in [2.75, 3.05) is 38.8 Å². The summed E-state index contributed by atoms with van der Waals surface area (Å²) in [5.74, 6) is 1.55. The van der Waals surface area contributed by atoms with E-state index in [0.29, 0.717) is 56.4 Å². The smallest absolute Gasteiger partial charge is 0.414 e. The van der Waals surface area contributed by atoms with Gasteiger partial charge in [0.15, 0.2) is 11.5 Å². The predicted octanol–water partition coefficient (Wildman–Crippen LogP) is 9.36. The molecule has 0 radical (unpaired) electrons. The molecule has 3 fully saturated rings. The van der Waals surface area contributed by atoms with Crippen LogP contribution in [0.2, 0.25) is 10.0 Å². The second kappa shape index (κ2) is 18.1. The summed E-state index contributed by atoms with van der Waals surface area (Å²) in [6.07, 6.45) is 4.15. The Hall–Kier alpha value is -5.29. The molecule has 56 heavy (non-hydrogen) atoms. The molecule has 12 heteroatoms. The molecule has 10 nitrogen and oxygen atoms in total. The van der Waals surface area contributed by atoms with Gasteiger partial charge in [-0.3, -0.25) is 14.8 Å². The monoisotopic (exact) mass is 795 g/mol. The van der Waals surface area contributed by atoms with Gasteiger partial charge in [0.25, 0.3) is 0 Å². The van der Waals surface area contributed by atoms with Crippen LogP contribution in [0.5, 0.6) is 17.2 Å². The van der Waals surface area contributed by atoms with Gasteiger partial charge in [-0.1, -0.05) is 71.7 Å². The van der Waals surface area contributed by atoms with Crippen molar-refractivity contribution in [1.82, 2.24) is 9.88 Å². The average Bonchev–Trinajstić information content (AvgIpc) is 3.24. The number of rotatable bonds is 14. The highest BCUT2D eigenvalue weighted by Crippen LogP contribution is 2.36. The second-order valence-corrected chi connectivity index (χ2v) is 14.7. The minimum atomic E-state index is -0.766. The van der Waals surface area contributed by atoms with Crippen LogP contribution < -0.4 is 19.1 Å². The Morgan fingerprint density at radius 1 is 0.839 bits per heavy atom. The summed E-state index contributed by atoms with van der Waals surface area (Å²) in [4.78, 5) is 35.4. The number of amides is 1. The third kappa shape index (κ3) is 9.38. The quantitative estimate of drug-likeness (QED) is 0.102. The van der Waals surface area contributed by atoms with Crippen molar-refractivity contribution in [1.29, 1.82) is 0 Å². The summed E-state index contributed by atoms with van der Waals surface area (Å²) in [7, 11) is 3.09. The molecule has 0 aliphatic carbocycles. The fraction of sp³-hybridized carbons (Fsp3) is 0.295. The maximum atomic E-state index is 13.7. The molecule has 2 atom stereocenters. The topological polar surface area (TPSA) is 99.7 Å². The first-order valence-corrected chi connectivity index (χ1v) is 19.3. The number of nitrogens with zero attached hydrogens (tertiary/aromatic N) is 3. The normalized spacial score (nSPS) is 17.8. The predicted molar refractivity (Wildman–Crippen MR) is 215 cm³/mol. The molecule has 3 aliphatic rings. The van der Waals surface area contributed by atoms with Gasteiger partial charge in [0.1, 0.15) is 24.6 Å². The number of benzene rings is 4. The van der Waals surface area contributed by atoms with E-state index in [0.717, 1.165) is 49.3 Å². The van der Waals surface area contributed by atoms with Crippen molar-refractivity contribution >= 4 is 41.0 Å². The number of hydrogen-bond donors (Lipinski definition) is 0. The van der Waals surface area contributed by atoms with Crippen LogP contribution in [0, 0.1) is 5.92 Å². The van der Waals surface area contributed by atoms with Crippen molar-refractivity contribution in [2.24, 2.45) is 5.92 Å². The van der Waals surface area contributed by atoms with E-state index >= 15 is 0 Å². The van der Waals surface area contributed by atoms with Gasteiger partial charge in [0.05, 0.1) is 36.4 Å². The molecule has 2 bridgehead atoms. The Labute approximate surface area is 336 Å². The number of para-hydroxylation sites is 1. The van der Waals surface area contributed by atoms with Crippen molar-refractivity contribution in [3.05, 3.63) is 147 Å². The number of piperidine rings is 3. The van der Waals surface area contributed by atoms with Gasteiger partial charge in [-0.05, 0) is 103 Å². The number of ether oxygens (including phenoxy) is 5. The molecule has 1 aromatic heterocycles. The molecule has 3 saturated heterocycles. The lowest BCUT2D eigenvalue weighted by atomic mass is 9.86. The van der Waals surface area contributed by atoms with Gasteiger partial charge in [-0.15, -0.1) is 0 Å². The molecule has 1 amide bonds. The Bertz CT molecular complexity index is 2110. The molecule has 8 rings (SSSR count). The lowest BCUT2D eigenvalue weighted by Crippen LogP contribution is -2.53. The molecule has 4 aromatic carbocycles. The molecular weight excluding hydrogens is 753 g/mol. The van der Waals surface area contributed by atoms with E-state index < -0.39 is 12.1 Å². The first kappa shape index (κ1) is 39.0. The van der Waals surface area contributed by atoms with Gasteiger partial charge in [-0.2, -0.15) is 0 Å². The van der Waals surface area contributed by atoms with E-state index in [9.17, 15) is 9.59 Å². The van der Waals surface area contributed by atoms with E-state index in [1.807, 2.05) is 66.7 Å². The number of carbonyl (C=O) groups is 2. The minimum Gasteiger partial charge on any atom is -0.493 e. The largest absolute Gasteiger partial charge is 0.493 e. The van der Waals surface area contributed by atoms with Crippen LogP contribution in [0.25, 0.3) is 0 Å². The van der Waals surface area contributed by atoms with E-state index in [4.69, 9.17) is 46.9 Å². The number of esters is 1. The maximum Gasteiger partial charge on any atom is 0.414 e. The Balaban J connectivity index is 1.01. The molecule has 5 aromatic rings. The van der Waals surface area contributed by atoms with Gasteiger partial charge >= 0.3 is 12.1 Å². The van der Waals surface area contributed by atoms with Crippen molar-refractivity contribution in [3.8, 4) is 17.2 Å². The van der Waals surface area contributed by atoms with Crippen LogP contribution >= 0.6 is 23.2 Å². The summed E-state index contributed by atoms with van der Waals surface area (Å²) in [6, 6.07) is 29.7. The standard InChI is InChI=1S/C44H43Cl2N3O7/c1-52-39-16-13-32(22-41(39)53-2)40(23-36-37(45)24-47-25-38(36)46)55-43(50)33-8-6-7-30(21-33)28-54-35-14-11-29(12-15-35)26-49(34-9-4-3-5-10-34)44(51)56-42-27-48-19-17-31(42)18-20-48/h3-16,21-22,24-25,31,40,42H,17-20,23,26-28H2,1-2H3/t40-,42-/m0/s1. The number of carbonyl (C=O) groups excluding carboxylic acids is 2. The Morgan fingerprint density at radius 3 is 2.25 bits per heavy atom. The first-order valence-electron chi connectivity index (χ1n) is 18.5. The fourth-order valence-electron chi connectivity index (χ4n) is 7.23. The number of methoxy groups -OCH3 is 2. The third-order valence-electron chi connectivity index (χ3n) is 10.3. The van der Waals surface area contributed by atoms with Crippen LogP contribution in [-0.2, 0) is 29.0 Å². The molecule has 290 valence electrons. The zero-order valence-electron chi connectivity index (χ0n) is 31.2. The lowest BCUT2D eigenvalue weighted by molar-refractivity contribution is -0.0311. The van der Waals surface area contributed by atoms with Gasteiger partial charge in [0.2, 0.25) is 0 Å². The summed E-state index contributed by atoms with van der Waals surface area (Å²) < 4.78 is 29.3. The summed E-state index contributed by atoms with van der Waals surface area (Å²) >= 11 is 12.9. The zero-order chi connectivity index (χ0) is 39.0. The Kier molecular flexibility index (Phi) is 12.6. The number of aromatic nitrogens is 1. The molecule has 3 aliphatic heterocycles. The number of halogens is 2. The SMILES string of the molecule is COc1ccc([C@H](Cc2c(Cl)cncc2Cl)OC(=O)c2cccc(COc3ccc(CN(C(=O)O[C@H]4CN5CCC4CC5)c4ccccc4)cc3)c2)cc1OC. The second-order valence-electron chi connectivity index (χ2n) is 13.9. The highest BCUT2D eigenvalue weighted by atomic mass is 35.5. The van der Waals surface area contributed by atoms with Crippen molar-refractivity contribution in [3.63, 3.8) is 0 Å². The summed E-state index contributed by atoms with van der Waals surface area (Å²) in [5.41, 5.74) is 4.09. The molecule has 0 saturated carbocycles. The molecule has 4 heterocycles. The number of pyridine rings is 1. The first-order chi connectivity index (χ1) is 27.3. The van der Waals surface area contributed by atoms with Crippen LogP contribution in [0.4, 0.5) is 10.5 Å². The Morgan fingerprint density at radius 2 is 1.57 bits per heavy atom. The van der Waals surface area contributed by atoms with Gasteiger partial charge in [-0.25, -0.2) is 9.59 Å². The minimum absolute atomic E-state index is 0.0865. The third-order valence-corrected chi connectivity index (χ3v) is 11.0. The number of hydrogen-bond acceptors (Lipinski definition) is 9. The summed E-state index contributed by atoms with van der Waals surface area (Å²) in [6.45, 7) is 3.51. The zero-order valence-corrected chi connectivity index (χ0v) is 32.7. The van der Waals surface area contributed by atoms with Crippen LogP contribution in [0.1, 0.15) is 51.6 Å². The van der Waals surface area contributed by atoms with Gasteiger partial charge < -0.3 is 23.7 Å². The van der Waals surface area contributed by atoms with E-state index in [1.54, 1.807) is 49.5 Å². The highest BCUT2D eigenvalue weighted by Gasteiger charge is 2.37. The fourth-order valence-corrected chi connectivity index (χ4v) is 7.75. The molecule has 0 unspecified atom stereocenters. The molecular formula is C44H43Cl2N3O7. The molecule has 0 N–H and O–H groups in total.